The van der Waals surface area contributed by atoms with Crippen LogP contribution in [0.5, 0.6) is 0 Å². The lowest BCUT2D eigenvalue weighted by Gasteiger charge is -2.12. The van der Waals surface area contributed by atoms with Gasteiger partial charge in [0, 0.05) is 18.1 Å². The van der Waals surface area contributed by atoms with Crippen LogP contribution in [0.25, 0.3) is 0 Å². The molecule has 0 amide bonds. The van der Waals surface area contributed by atoms with Crippen LogP contribution in [-0.2, 0) is 0 Å². The van der Waals surface area contributed by atoms with E-state index in [4.69, 9.17) is 0 Å². The second-order valence-electron chi connectivity index (χ2n) is 3.80. The highest BCUT2D eigenvalue weighted by Gasteiger charge is 2.06. The van der Waals surface area contributed by atoms with Crippen molar-refractivity contribution in [2.45, 2.75) is 6.10 Å². The van der Waals surface area contributed by atoms with Gasteiger partial charge >= 0.3 is 0 Å². The van der Waals surface area contributed by atoms with Crippen molar-refractivity contribution in [3.05, 3.63) is 35.9 Å². The maximum absolute atomic E-state index is 9.85. The van der Waals surface area contributed by atoms with Gasteiger partial charge in [0.1, 0.15) is 0 Å². The monoisotopic (exact) mass is 225 g/mol. The second kappa shape index (κ2) is 6.88. The van der Waals surface area contributed by atoms with Crippen molar-refractivity contribution in [1.82, 2.24) is 4.90 Å². The zero-order chi connectivity index (χ0) is 11.1. The van der Waals surface area contributed by atoms with Crippen LogP contribution in [0.1, 0.15) is 11.7 Å². The first-order valence-corrected chi connectivity index (χ1v) is 6.31. The van der Waals surface area contributed by atoms with Gasteiger partial charge in [0.05, 0.1) is 6.10 Å². The molecule has 0 saturated carbocycles. The molecule has 0 aliphatic heterocycles. The molecule has 0 aliphatic carbocycles. The Labute approximate surface area is 96.3 Å². The summed E-state index contributed by atoms with van der Waals surface area (Å²) in [5.41, 5.74) is 1.01. The van der Waals surface area contributed by atoms with Crippen molar-refractivity contribution in [2.24, 2.45) is 0 Å². The van der Waals surface area contributed by atoms with Gasteiger partial charge in [-0.2, -0.15) is 11.8 Å². The fraction of sp³-hybridized carbons (Fsp3) is 0.500. The molecule has 0 spiro atoms. The predicted molar refractivity (Wildman–Crippen MR) is 67.3 cm³/mol. The van der Waals surface area contributed by atoms with Crippen LogP contribution in [0.3, 0.4) is 0 Å². The van der Waals surface area contributed by atoms with Gasteiger partial charge in [0.2, 0.25) is 0 Å². The van der Waals surface area contributed by atoms with Crippen molar-refractivity contribution in [3.63, 3.8) is 0 Å². The molecule has 15 heavy (non-hydrogen) atoms. The van der Waals surface area contributed by atoms with E-state index in [1.54, 1.807) is 11.8 Å². The van der Waals surface area contributed by atoms with E-state index < -0.39 is 0 Å². The first kappa shape index (κ1) is 12.6. The molecule has 1 unspecified atom stereocenters. The molecule has 3 heteroatoms. The Bertz CT molecular complexity index is 264. The summed E-state index contributed by atoms with van der Waals surface area (Å²) < 4.78 is 0. The molecular formula is C12H19NOS. The number of nitrogens with zero attached hydrogens (tertiary/aromatic N) is 1. The number of hydrogen-bond donors (Lipinski definition) is 1. The average Bonchev–Trinajstić information content (AvgIpc) is 2.25. The van der Waals surface area contributed by atoms with Crippen LogP contribution in [0.4, 0.5) is 0 Å². The van der Waals surface area contributed by atoms with Crippen molar-refractivity contribution < 1.29 is 5.11 Å². The maximum Gasteiger partial charge on any atom is 0.0880 e. The van der Waals surface area contributed by atoms with Crippen LogP contribution >= 0.6 is 11.8 Å². The zero-order valence-electron chi connectivity index (χ0n) is 9.39. The molecule has 0 bridgehead atoms. The number of benzene rings is 1. The first-order chi connectivity index (χ1) is 7.20. The van der Waals surface area contributed by atoms with Crippen molar-refractivity contribution in [1.29, 1.82) is 0 Å². The minimum atomic E-state index is -0.335. The van der Waals surface area contributed by atoms with Crippen molar-refractivity contribution in [2.75, 3.05) is 32.1 Å². The molecule has 1 rings (SSSR count). The number of aliphatic hydroxyl groups excluding tert-OH is 1. The standard InChI is InChI=1S/C12H19NOS/c1-13(2)8-9-15-10-12(14)11-6-4-3-5-7-11/h3-7,12,14H,8-10H2,1-2H3. The van der Waals surface area contributed by atoms with Gasteiger partial charge in [-0.25, -0.2) is 0 Å². The lowest BCUT2D eigenvalue weighted by molar-refractivity contribution is 0.204. The summed E-state index contributed by atoms with van der Waals surface area (Å²) >= 11 is 1.79. The minimum absolute atomic E-state index is 0.335. The van der Waals surface area contributed by atoms with Gasteiger partial charge in [-0.05, 0) is 19.7 Å². The lowest BCUT2D eigenvalue weighted by atomic mass is 10.1. The number of aliphatic hydroxyl groups is 1. The van der Waals surface area contributed by atoms with Crippen LogP contribution in [0, 0.1) is 0 Å². The molecule has 1 atom stereocenters. The summed E-state index contributed by atoms with van der Waals surface area (Å²) in [6.07, 6.45) is -0.335. The maximum atomic E-state index is 9.85. The highest BCUT2D eigenvalue weighted by atomic mass is 32.2. The van der Waals surface area contributed by atoms with E-state index in [0.29, 0.717) is 0 Å². The van der Waals surface area contributed by atoms with E-state index in [-0.39, 0.29) is 6.10 Å². The first-order valence-electron chi connectivity index (χ1n) is 5.15. The quantitative estimate of drug-likeness (QED) is 0.749. The number of hydrogen-bond acceptors (Lipinski definition) is 3. The molecule has 0 aliphatic rings. The van der Waals surface area contributed by atoms with Crippen LogP contribution in [0.15, 0.2) is 30.3 Å². The van der Waals surface area contributed by atoms with Gasteiger partial charge in [0.25, 0.3) is 0 Å². The summed E-state index contributed by atoms with van der Waals surface area (Å²) in [4.78, 5) is 2.15. The van der Waals surface area contributed by atoms with Crippen LogP contribution in [-0.4, -0.2) is 42.2 Å². The van der Waals surface area contributed by atoms with Crippen molar-refractivity contribution in [3.8, 4) is 0 Å². The SMILES string of the molecule is CN(C)CCSCC(O)c1ccccc1. The fourth-order valence-electron chi connectivity index (χ4n) is 1.21. The third-order valence-electron chi connectivity index (χ3n) is 2.14. The summed E-state index contributed by atoms with van der Waals surface area (Å²) in [7, 11) is 4.13. The van der Waals surface area contributed by atoms with Crippen LogP contribution in [0.2, 0.25) is 0 Å². The molecule has 0 radical (unpaired) electrons. The van der Waals surface area contributed by atoms with Crippen LogP contribution < -0.4 is 0 Å². The molecule has 1 aromatic rings. The third-order valence-corrected chi connectivity index (χ3v) is 3.17. The highest BCUT2D eigenvalue weighted by Crippen LogP contribution is 2.17. The Kier molecular flexibility index (Phi) is 5.76. The lowest BCUT2D eigenvalue weighted by Crippen LogP contribution is -2.15. The smallest absolute Gasteiger partial charge is 0.0880 e. The Morgan fingerprint density at radius 3 is 2.53 bits per heavy atom. The minimum Gasteiger partial charge on any atom is -0.388 e. The molecule has 84 valence electrons. The summed E-state index contributed by atoms with van der Waals surface area (Å²) in [5, 5.41) is 9.85. The van der Waals surface area contributed by atoms with Crippen molar-refractivity contribution >= 4 is 11.8 Å². The zero-order valence-corrected chi connectivity index (χ0v) is 10.2. The Hall–Kier alpha value is -0.510. The molecule has 2 nitrogen and oxygen atoms in total. The molecule has 1 N–H and O–H groups in total. The third kappa shape index (κ3) is 5.21. The molecule has 1 aromatic carbocycles. The molecule has 0 heterocycles. The Morgan fingerprint density at radius 1 is 1.27 bits per heavy atom. The summed E-state index contributed by atoms with van der Waals surface area (Å²) in [6.45, 7) is 1.06. The Balaban J connectivity index is 2.22. The summed E-state index contributed by atoms with van der Waals surface area (Å²) in [5.74, 6) is 1.84. The van der Waals surface area contributed by atoms with Gasteiger partial charge in [-0.1, -0.05) is 30.3 Å². The largest absolute Gasteiger partial charge is 0.388 e. The van der Waals surface area contributed by atoms with Gasteiger partial charge in [-0.3, -0.25) is 0 Å². The van der Waals surface area contributed by atoms with E-state index in [1.807, 2.05) is 30.3 Å². The second-order valence-corrected chi connectivity index (χ2v) is 4.95. The highest BCUT2D eigenvalue weighted by molar-refractivity contribution is 7.99. The molecule has 0 saturated heterocycles. The van der Waals surface area contributed by atoms with E-state index in [2.05, 4.69) is 19.0 Å². The number of rotatable bonds is 6. The molecule has 0 fully saturated rings. The normalized spacial score (nSPS) is 13.1. The van der Waals surface area contributed by atoms with E-state index >= 15 is 0 Å². The Morgan fingerprint density at radius 2 is 1.93 bits per heavy atom. The van der Waals surface area contributed by atoms with Gasteiger partial charge < -0.3 is 10.0 Å². The van der Waals surface area contributed by atoms with Gasteiger partial charge in [-0.15, -0.1) is 0 Å². The predicted octanol–water partition coefficient (Wildman–Crippen LogP) is 2.01. The van der Waals surface area contributed by atoms with Gasteiger partial charge in [0.15, 0.2) is 0 Å². The topological polar surface area (TPSA) is 23.5 Å². The average molecular weight is 225 g/mol. The fourth-order valence-corrected chi connectivity index (χ4v) is 2.29. The number of thioether (sulfide) groups is 1. The summed E-state index contributed by atoms with van der Waals surface area (Å²) in [6, 6.07) is 9.83. The van der Waals surface area contributed by atoms with E-state index in [0.717, 1.165) is 23.6 Å². The van der Waals surface area contributed by atoms with E-state index in [9.17, 15) is 5.11 Å². The molecule has 0 aromatic heterocycles. The van der Waals surface area contributed by atoms with E-state index in [1.165, 1.54) is 0 Å². The molecular weight excluding hydrogens is 206 g/mol.